The van der Waals surface area contributed by atoms with Gasteiger partial charge in [0.25, 0.3) is 0 Å². The van der Waals surface area contributed by atoms with E-state index in [1.807, 2.05) is 36.4 Å². The van der Waals surface area contributed by atoms with Crippen molar-refractivity contribution in [3.8, 4) is 22.5 Å². The van der Waals surface area contributed by atoms with Crippen LogP contribution in [0.1, 0.15) is 30.9 Å². The van der Waals surface area contributed by atoms with E-state index < -0.39 is 0 Å². The maximum absolute atomic E-state index is 12.5. The number of fused-ring (bicyclic) bond motifs is 1. The molecule has 1 aliphatic heterocycles. The lowest BCUT2D eigenvalue weighted by molar-refractivity contribution is 0.143. The van der Waals surface area contributed by atoms with E-state index in [2.05, 4.69) is 46.8 Å². The molecule has 1 aliphatic rings. The number of hydrogen-bond acceptors (Lipinski definition) is 6. The molecule has 1 fully saturated rings. The molecule has 1 atom stereocenters. The van der Waals surface area contributed by atoms with Crippen LogP contribution in [-0.2, 0) is 4.74 Å². The third kappa shape index (κ3) is 5.05. The number of carbonyl (C=O) groups is 1. The fraction of sp³-hybridized carbons (Fsp3) is 0.222. The standard InChI is InChI=1S/C27H26N8O2/c36-27(33-24-14-23(34-35-24)19-3-1-10-28-15-19)31-20-7-5-17(6-8-20)22-13-21-25(29-16-30-26(21)32-22)18-4-2-11-37-12-9-18/h1,3,5-8,10,13-16,18H,2,4,9,11-12H2,(H,29,30,32)(H3,31,33,34,35,36). The number of rotatable bonds is 5. The smallest absolute Gasteiger partial charge is 0.324 e. The second-order valence-corrected chi connectivity index (χ2v) is 9.01. The number of carbonyl (C=O) groups excluding carboxylic acids is 1. The molecule has 1 saturated heterocycles. The van der Waals surface area contributed by atoms with Crippen molar-refractivity contribution in [3.05, 3.63) is 72.9 Å². The van der Waals surface area contributed by atoms with Crippen molar-refractivity contribution in [2.75, 3.05) is 23.8 Å². The van der Waals surface area contributed by atoms with Crippen molar-refractivity contribution in [1.82, 2.24) is 30.1 Å². The monoisotopic (exact) mass is 494 g/mol. The number of benzene rings is 1. The summed E-state index contributed by atoms with van der Waals surface area (Å²) in [5.74, 6) is 0.792. The summed E-state index contributed by atoms with van der Waals surface area (Å²) in [5.41, 5.74) is 6.18. The minimum Gasteiger partial charge on any atom is -0.381 e. The Bertz CT molecular complexity index is 1500. The Labute approximate surface area is 212 Å². The average molecular weight is 495 g/mol. The fourth-order valence-corrected chi connectivity index (χ4v) is 4.68. The fourth-order valence-electron chi connectivity index (χ4n) is 4.68. The second-order valence-electron chi connectivity index (χ2n) is 9.01. The van der Waals surface area contributed by atoms with Crippen LogP contribution in [0.25, 0.3) is 33.5 Å². The van der Waals surface area contributed by atoms with Crippen molar-refractivity contribution in [1.29, 1.82) is 0 Å². The largest absolute Gasteiger partial charge is 0.381 e. The number of amides is 2. The van der Waals surface area contributed by atoms with E-state index in [1.165, 1.54) is 0 Å². The summed E-state index contributed by atoms with van der Waals surface area (Å²) < 4.78 is 5.63. The van der Waals surface area contributed by atoms with Gasteiger partial charge < -0.3 is 15.0 Å². The molecule has 1 aromatic carbocycles. The second kappa shape index (κ2) is 10.2. The summed E-state index contributed by atoms with van der Waals surface area (Å²) in [6.45, 7) is 1.58. The maximum atomic E-state index is 12.5. The first-order chi connectivity index (χ1) is 18.2. The van der Waals surface area contributed by atoms with Gasteiger partial charge in [0.05, 0.1) is 11.4 Å². The number of H-pyrrole nitrogens is 2. The lowest BCUT2D eigenvalue weighted by Crippen LogP contribution is -2.19. The Hall–Kier alpha value is -4.57. The van der Waals surface area contributed by atoms with Crippen molar-refractivity contribution >= 4 is 28.6 Å². The molecule has 0 bridgehead atoms. The number of hydrogen-bond donors (Lipinski definition) is 4. The number of aromatic nitrogens is 6. The Balaban J connectivity index is 1.14. The highest BCUT2D eigenvalue weighted by Crippen LogP contribution is 2.33. The van der Waals surface area contributed by atoms with Crippen molar-refractivity contribution in [2.24, 2.45) is 0 Å². The highest BCUT2D eigenvalue weighted by atomic mass is 16.5. The normalized spacial score (nSPS) is 15.8. The minimum absolute atomic E-state index is 0.372. The van der Waals surface area contributed by atoms with E-state index in [0.717, 1.165) is 71.7 Å². The predicted molar refractivity (Wildman–Crippen MR) is 141 cm³/mol. The van der Waals surface area contributed by atoms with E-state index in [4.69, 9.17) is 4.74 Å². The van der Waals surface area contributed by atoms with Crippen LogP contribution in [0.4, 0.5) is 16.3 Å². The number of nitrogens with one attached hydrogen (secondary N) is 4. The molecule has 6 rings (SSSR count). The third-order valence-corrected chi connectivity index (χ3v) is 6.54. The van der Waals surface area contributed by atoms with E-state index in [9.17, 15) is 4.79 Å². The highest BCUT2D eigenvalue weighted by molar-refractivity contribution is 5.99. The van der Waals surface area contributed by atoms with E-state index >= 15 is 0 Å². The molecule has 0 saturated carbocycles. The lowest BCUT2D eigenvalue weighted by Gasteiger charge is -2.12. The summed E-state index contributed by atoms with van der Waals surface area (Å²) in [4.78, 5) is 29.1. The Morgan fingerprint density at radius 2 is 1.89 bits per heavy atom. The lowest BCUT2D eigenvalue weighted by atomic mass is 9.95. The molecule has 4 N–H and O–H groups in total. The first kappa shape index (κ1) is 22.9. The molecule has 0 spiro atoms. The molecule has 5 heterocycles. The third-order valence-electron chi connectivity index (χ3n) is 6.54. The number of ether oxygens (including phenoxy) is 1. The first-order valence-corrected chi connectivity index (χ1v) is 12.3. The number of pyridine rings is 1. The molecule has 37 heavy (non-hydrogen) atoms. The molecular weight excluding hydrogens is 468 g/mol. The maximum Gasteiger partial charge on any atom is 0.324 e. The average Bonchev–Trinajstić information content (AvgIpc) is 3.49. The molecule has 1 unspecified atom stereocenters. The number of urea groups is 1. The van der Waals surface area contributed by atoms with Crippen LogP contribution in [0.3, 0.4) is 0 Å². The van der Waals surface area contributed by atoms with Gasteiger partial charge in [-0.1, -0.05) is 12.1 Å². The van der Waals surface area contributed by atoms with Gasteiger partial charge in [0.15, 0.2) is 5.82 Å². The van der Waals surface area contributed by atoms with Crippen LogP contribution in [0, 0.1) is 0 Å². The molecule has 4 aromatic heterocycles. The van der Waals surface area contributed by atoms with Crippen LogP contribution in [0.5, 0.6) is 0 Å². The van der Waals surface area contributed by atoms with Gasteiger partial charge in [-0.05, 0) is 55.2 Å². The molecule has 186 valence electrons. The predicted octanol–water partition coefficient (Wildman–Crippen LogP) is 5.34. The zero-order chi connectivity index (χ0) is 25.0. The number of aromatic amines is 2. The topological polar surface area (TPSA) is 134 Å². The van der Waals surface area contributed by atoms with Crippen LogP contribution < -0.4 is 10.6 Å². The molecule has 0 aliphatic carbocycles. The highest BCUT2D eigenvalue weighted by Gasteiger charge is 2.20. The van der Waals surface area contributed by atoms with Gasteiger partial charge in [0.2, 0.25) is 0 Å². The van der Waals surface area contributed by atoms with Crippen molar-refractivity contribution in [3.63, 3.8) is 0 Å². The summed E-state index contributed by atoms with van der Waals surface area (Å²) in [7, 11) is 0. The van der Waals surface area contributed by atoms with Crippen molar-refractivity contribution < 1.29 is 9.53 Å². The van der Waals surface area contributed by atoms with Crippen LogP contribution in [0.15, 0.2) is 67.3 Å². The Morgan fingerprint density at radius 3 is 2.76 bits per heavy atom. The van der Waals surface area contributed by atoms with Crippen molar-refractivity contribution in [2.45, 2.75) is 25.2 Å². The number of anilines is 2. The van der Waals surface area contributed by atoms with Gasteiger partial charge in [0.1, 0.15) is 12.0 Å². The van der Waals surface area contributed by atoms with Gasteiger partial charge in [-0.2, -0.15) is 5.10 Å². The summed E-state index contributed by atoms with van der Waals surface area (Å²) >= 11 is 0. The molecule has 2 amide bonds. The molecular formula is C27H26N8O2. The van der Waals surface area contributed by atoms with E-state index in [0.29, 0.717) is 17.4 Å². The minimum atomic E-state index is -0.380. The van der Waals surface area contributed by atoms with Crippen LogP contribution in [-0.4, -0.2) is 49.4 Å². The van der Waals surface area contributed by atoms with Gasteiger partial charge in [0, 0.05) is 59.9 Å². The first-order valence-electron chi connectivity index (χ1n) is 12.3. The zero-order valence-corrected chi connectivity index (χ0v) is 20.1. The van der Waals surface area contributed by atoms with Gasteiger partial charge >= 0.3 is 6.03 Å². The number of nitrogens with zero attached hydrogens (tertiary/aromatic N) is 4. The Morgan fingerprint density at radius 1 is 0.973 bits per heavy atom. The molecule has 0 radical (unpaired) electrons. The quantitative estimate of drug-likeness (QED) is 0.261. The molecule has 5 aromatic rings. The Kier molecular flexibility index (Phi) is 6.30. The zero-order valence-electron chi connectivity index (χ0n) is 20.1. The molecule has 10 nitrogen and oxygen atoms in total. The van der Waals surface area contributed by atoms with E-state index in [-0.39, 0.29) is 6.03 Å². The summed E-state index contributed by atoms with van der Waals surface area (Å²) in [6, 6.07) is 14.9. The van der Waals surface area contributed by atoms with E-state index in [1.54, 1.807) is 24.8 Å². The van der Waals surface area contributed by atoms with Gasteiger partial charge in [-0.3, -0.25) is 15.4 Å². The summed E-state index contributed by atoms with van der Waals surface area (Å²) in [5, 5.41) is 13.7. The van der Waals surface area contributed by atoms with Gasteiger partial charge in [-0.15, -0.1) is 0 Å². The SMILES string of the molecule is O=C(Nc1ccc(-c2cc3c(C4CCCOCC4)ncnc3[nH]2)cc1)Nc1cc(-c2cccnc2)[nH]n1. The summed E-state index contributed by atoms with van der Waals surface area (Å²) in [6.07, 6.45) is 8.15. The van der Waals surface area contributed by atoms with Crippen LogP contribution >= 0.6 is 0 Å². The molecule has 10 heteroatoms. The van der Waals surface area contributed by atoms with Crippen LogP contribution in [0.2, 0.25) is 0 Å². The van der Waals surface area contributed by atoms with Gasteiger partial charge in [-0.25, -0.2) is 14.8 Å².